The number of amides is 1. The second-order valence-electron chi connectivity index (χ2n) is 3.39. The Morgan fingerprint density at radius 2 is 2.13 bits per heavy atom. The van der Waals surface area contributed by atoms with Crippen molar-refractivity contribution in [3.8, 4) is 0 Å². The SMILES string of the molecule is CC(=O)NCCNc1cc(C)ccc1F. The molecule has 0 heterocycles. The third kappa shape index (κ3) is 3.97. The van der Waals surface area contributed by atoms with Crippen molar-refractivity contribution < 1.29 is 9.18 Å². The van der Waals surface area contributed by atoms with Crippen LogP contribution in [0.2, 0.25) is 0 Å². The Bertz CT molecular complexity index is 352. The zero-order valence-corrected chi connectivity index (χ0v) is 8.93. The summed E-state index contributed by atoms with van der Waals surface area (Å²) in [5.74, 6) is -0.357. The quantitative estimate of drug-likeness (QED) is 0.742. The van der Waals surface area contributed by atoms with Gasteiger partial charge in [-0.3, -0.25) is 4.79 Å². The number of benzene rings is 1. The molecule has 0 saturated carbocycles. The van der Waals surface area contributed by atoms with Crippen LogP contribution in [0.5, 0.6) is 0 Å². The summed E-state index contributed by atoms with van der Waals surface area (Å²) in [6.07, 6.45) is 0. The fourth-order valence-electron chi connectivity index (χ4n) is 1.21. The zero-order chi connectivity index (χ0) is 11.3. The summed E-state index contributed by atoms with van der Waals surface area (Å²) in [4.78, 5) is 10.6. The molecule has 15 heavy (non-hydrogen) atoms. The highest BCUT2D eigenvalue weighted by molar-refractivity contribution is 5.72. The van der Waals surface area contributed by atoms with Gasteiger partial charge < -0.3 is 10.6 Å². The van der Waals surface area contributed by atoms with Gasteiger partial charge >= 0.3 is 0 Å². The van der Waals surface area contributed by atoms with Crippen molar-refractivity contribution in [1.82, 2.24) is 5.32 Å². The van der Waals surface area contributed by atoms with Crippen LogP contribution >= 0.6 is 0 Å². The smallest absolute Gasteiger partial charge is 0.216 e. The summed E-state index contributed by atoms with van der Waals surface area (Å²) in [5, 5.41) is 5.55. The van der Waals surface area contributed by atoms with Gasteiger partial charge in [0, 0.05) is 20.0 Å². The van der Waals surface area contributed by atoms with Gasteiger partial charge in [0.25, 0.3) is 0 Å². The number of aryl methyl sites for hydroxylation is 1. The molecule has 0 aliphatic carbocycles. The molecule has 0 fully saturated rings. The highest BCUT2D eigenvalue weighted by Crippen LogP contribution is 2.14. The fourth-order valence-corrected chi connectivity index (χ4v) is 1.21. The molecule has 0 saturated heterocycles. The molecular weight excluding hydrogens is 195 g/mol. The zero-order valence-electron chi connectivity index (χ0n) is 8.93. The van der Waals surface area contributed by atoms with Gasteiger partial charge in [-0.1, -0.05) is 6.07 Å². The van der Waals surface area contributed by atoms with E-state index in [0.29, 0.717) is 18.8 Å². The maximum Gasteiger partial charge on any atom is 0.216 e. The molecular formula is C11H15FN2O. The number of carbonyl (C=O) groups excluding carboxylic acids is 1. The summed E-state index contributed by atoms with van der Waals surface area (Å²) in [7, 11) is 0. The summed E-state index contributed by atoms with van der Waals surface area (Å²) in [5.41, 5.74) is 1.47. The second kappa shape index (κ2) is 5.34. The lowest BCUT2D eigenvalue weighted by atomic mass is 10.2. The third-order valence-electron chi connectivity index (χ3n) is 1.94. The number of halogens is 1. The number of hydrogen-bond donors (Lipinski definition) is 2. The molecule has 0 radical (unpaired) electrons. The van der Waals surface area contributed by atoms with Crippen LogP contribution in [0.25, 0.3) is 0 Å². The third-order valence-corrected chi connectivity index (χ3v) is 1.94. The molecule has 0 bridgehead atoms. The fraction of sp³-hybridized carbons (Fsp3) is 0.364. The normalized spacial score (nSPS) is 9.80. The van der Waals surface area contributed by atoms with E-state index < -0.39 is 0 Å². The topological polar surface area (TPSA) is 41.1 Å². The van der Waals surface area contributed by atoms with E-state index in [9.17, 15) is 9.18 Å². The number of rotatable bonds is 4. The highest BCUT2D eigenvalue weighted by atomic mass is 19.1. The van der Waals surface area contributed by atoms with Crippen LogP contribution in [0.1, 0.15) is 12.5 Å². The maximum absolute atomic E-state index is 13.2. The molecule has 0 aliphatic heterocycles. The first kappa shape index (κ1) is 11.5. The van der Waals surface area contributed by atoms with E-state index in [4.69, 9.17) is 0 Å². The average Bonchev–Trinajstić information content (AvgIpc) is 2.17. The monoisotopic (exact) mass is 210 g/mol. The van der Waals surface area contributed by atoms with E-state index >= 15 is 0 Å². The van der Waals surface area contributed by atoms with Crippen molar-refractivity contribution in [3.05, 3.63) is 29.6 Å². The van der Waals surface area contributed by atoms with E-state index in [1.807, 2.05) is 6.92 Å². The molecule has 1 amide bonds. The number of anilines is 1. The Hall–Kier alpha value is -1.58. The molecule has 0 atom stereocenters. The first-order chi connectivity index (χ1) is 7.09. The minimum absolute atomic E-state index is 0.0819. The summed E-state index contributed by atoms with van der Waals surface area (Å²) in [6, 6.07) is 4.88. The van der Waals surface area contributed by atoms with E-state index in [1.165, 1.54) is 13.0 Å². The van der Waals surface area contributed by atoms with Crippen molar-refractivity contribution in [2.45, 2.75) is 13.8 Å². The van der Waals surface area contributed by atoms with Gasteiger partial charge in [-0.05, 0) is 24.6 Å². The van der Waals surface area contributed by atoms with Gasteiger partial charge in [0.05, 0.1) is 5.69 Å². The maximum atomic E-state index is 13.2. The van der Waals surface area contributed by atoms with Gasteiger partial charge in [0.15, 0.2) is 0 Å². The number of carbonyl (C=O) groups is 1. The van der Waals surface area contributed by atoms with Crippen molar-refractivity contribution >= 4 is 11.6 Å². The predicted octanol–water partition coefficient (Wildman–Crippen LogP) is 1.68. The first-order valence-electron chi connectivity index (χ1n) is 4.84. The van der Waals surface area contributed by atoms with Gasteiger partial charge in [0.2, 0.25) is 5.91 Å². The van der Waals surface area contributed by atoms with Crippen LogP contribution in [0.15, 0.2) is 18.2 Å². The van der Waals surface area contributed by atoms with Gasteiger partial charge in [-0.25, -0.2) is 4.39 Å². The predicted molar refractivity (Wildman–Crippen MR) is 58.3 cm³/mol. The lowest BCUT2D eigenvalue weighted by Gasteiger charge is -2.08. The van der Waals surface area contributed by atoms with E-state index in [-0.39, 0.29) is 11.7 Å². The molecule has 3 nitrogen and oxygen atoms in total. The van der Waals surface area contributed by atoms with Crippen LogP contribution in [0.4, 0.5) is 10.1 Å². The number of hydrogen-bond acceptors (Lipinski definition) is 2. The van der Waals surface area contributed by atoms with Gasteiger partial charge in [0.1, 0.15) is 5.82 Å². The Morgan fingerprint density at radius 3 is 2.80 bits per heavy atom. The lowest BCUT2D eigenvalue weighted by molar-refractivity contribution is -0.118. The van der Waals surface area contributed by atoms with E-state index in [1.54, 1.807) is 12.1 Å². The van der Waals surface area contributed by atoms with Crippen molar-refractivity contribution in [2.24, 2.45) is 0 Å². The minimum atomic E-state index is -0.275. The molecule has 1 rings (SSSR count). The largest absolute Gasteiger partial charge is 0.381 e. The Labute approximate surface area is 88.7 Å². The molecule has 0 aromatic heterocycles. The second-order valence-corrected chi connectivity index (χ2v) is 3.39. The van der Waals surface area contributed by atoms with Crippen LogP contribution in [0, 0.1) is 12.7 Å². The molecule has 4 heteroatoms. The lowest BCUT2D eigenvalue weighted by Crippen LogP contribution is -2.26. The van der Waals surface area contributed by atoms with Crippen LogP contribution in [-0.2, 0) is 4.79 Å². The minimum Gasteiger partial charge on any atom is -0.381 e. The molecule has 0 spiro atoms. The molecule has 2 N–H and O–H groups in total. The first-order valence-corrected chi connectivity index (χ1v) is 4.84. The van der Waals surface area contributed by atoms with E-state index in [2.05, 4.69) is 10.6 Å². The van der Waals surface area contributed by atoms with Gasteiger partial charge in [-0.15, -0.1) is 0 Å². The van der Waals surface area contributed by atoms with Gasteiger partial charge in [-0.2, -0.15) is 0 Å². The summed E-state index contributed by atoms with van der Waals surface area (Å²) in [6.45, 7) is 4.36. The Kier molecular flexibility index (Phi) is 4.09. The highest BCUT2D eigenvalue weighted by Gasteiger charge is 2.00. The standard InChI is InChI=1S/C11H15FN2O/c1-8-3-4-10(12)11(7-8)14-6-5-13-9(2)15/h3-4,7,14H,5-6H2,1-2H3,(H,13,15). The van der Waals surface area contributed by atoms with Crippen molar-refractivity contribution in [2.75, 3.05) is 18.4 Å². The molecule has 0 unspecified atom stereocenters. The molecule has 82 valence electrons. The average molecular weight is 210 g/mol. The Balaban J connectivity index is 2.43. The van der Waals surface area contributed by atoms with Crippen LogP contribution < -0.4 is 10.6 Å². The Morgan fingerprint density at radius 1 is 1.40 bits per heavy atom. The van der Waals surface area contributed by atoms with Crippen molar-refractivity contribution in [3.63, 3.8) is 0 Å². The number of nitrogens with one attached hydrogen (secondary N) is 2. The summed E-state index contributed by atoms with van der Waals surface area (Å²) >= 11 is 0. The molecule has 1 aromatic carbocycles. The van der Waals surface area contributed by atoms with Crippen LogP contribution in [-0.4, -0.2) is 19.0 Å². The molecule has 1 aromatic rings. The van der Waals surface area contributed by atoms with E-state index in [0.717, 1.165) is 5.56 Å². The summed E-state index contributed by atoms with van der Waals surface area (Å²) < 4.78 is 13.2. The van der Waals surface area contributed by atoms with Crippen LogP contribution in [0.3, 0.4) is 0 Å². The molecule has 0 aliphatic rings. The van der Waals surface area contributed by atoms with Crippen molar-refractivity contribution in [1.29, 1.82) is 0 Å².